The second-order valence-electron chi connectivity index (χ2n) is 8.55. The van der Waals surface area contributed by atoms with Crippen LogP contribution in [-0.4, -0.2) is 63.7 Å². The Labute approximate surface area is 182 Å². The number of fused-ring (bicyclic) bond motifs is 1. The van der Waals surface area contributed by atoms with Crippen molar-refractivity contribution in [3.8, 4) is 0 Å². The zero-order valence-corrected chi connectivity index (χ0v) is 17.7. The van der Waals surface area contributed by atoms with E-state index in [4.69, 9.17) is 4.74 Å². The Hall–Kier alpha value is -2.77. The standard InChI is InChI=1S/C24H29N5O2/c30-24(27-20-6-10-28(11-7-20)21-8-12-31-13-9-21)19-14-22-23(25-15-19)29(17-26-22)16-18-4-2-1-3-5-18/h1-5,14-15,17,20-21H,6-13,16H2,(H,27,30). The van der Waals surface area contributed by atoms with Crippen molar-refractivity contribution in [2.75, 3.05) is 26.3 Å². The summed E-state index contributed by atoms with van der Waals surface area (Å²) in [4.78, 5) is 24.4. The highest BCUT2D eigenvalue weighted by atomic mass is 16.5. The van der Waals surface area contributed by atoms with E-state index in [1.807, 2.05) is 28.8 Å². The molecule has 2 saturated heterocycles. The van der Waals surface area contributed by atoms with Gasteiger partial charge in [0.25, 0.3) is 5.91 Å². The maximum absolute atomic E-state index is 12.8. The van der Waals surface area contributed by atoms with Crippen molar-refractivity contribution < 1.29 is 9.53 Å². The summed E-state index contributed by atoms with van der Waals surface area (Å²) in [5.41, 5.74) is 3.31. The molecule has 0 unspecified atom stereocenters. The number of carbonyl (C=O) groups excluding carboxylic acids is 1. The van der Waals surface area contributed by atoms with Crippen LogP contribution < -0.4 is 5.32 Å². The van der Waals surface area contributed by atoms with Gasteiger partial charge in [-0.2, -0.15) is 0 Å². The average Bonchev–Trinajstić information content (AvgIpc) is 3.23. The highest BCUT2D eigenvalue weighted by molar-refractivity contribution is 5.96. The van der Waals surface area contributed by atoms with E-state index in [0.29, 0.717) is 18.2 Å². The van der Waals surface area contributed by atoms with Crippen LogP contribution in [0.15, 0.2) is 48.9 Å². The maximum Gasteiger partial charge on any atom is 0.253 e. The number of ether oxygens (including phenoxy) is 1. The lowest BCUT2D eigenvalue weighted by molar-refractivity contribution is 0.0238. The molecule has 0 saturated carbocycles. The van der Waals surface area contributed by atoms with E-state index >= 15 is 0 Å². The van der Waals surface area contributed by atoms with Crippen LogP contribution in [0.2, 0.25) is 0 Å². The Bertz CT molecular complexity index is 1020. The molecule has 2 aliphatic rings. The summed E-state index contributed by atoms with van der Waals surface area (Å²) in [5, 5.41) is 3.21. The van der Waals surface area contributed by atoms with Crippen LogP contribution in [0.25, 0.3) is 11.2 Å². The van der Waals surface area contributed by atoms with Gasteiger partial charge in [-0.15, -0.1) is 0 Å². The molecule has 7 heteroatoms. The minimum absolute atomic E-state index is 0.0588. The number of hydrogen-bond acceptors (Lipinski definition) is 5. The van der Waals surface area contributed by atoms with Crippen LogP contribution in [0.3, 0.4) is 0 Å². The number of hydrogen-bond donors (Lipinski definition) is 1. The number of carbonyl (C=O) groups is 1. The summed E-state index contributed by atoms with van der Waals surface area (Å²) < 4.78 is 7.49. The molecule has 2 fully saturated rings. The molecule has 1 amide bonds. The van der Waals surface area contributed by atoms with Gasteiger partial charge in [0.2, 0.25) is 0 Å². The van der Waals surface area contributed by atoms with Gasteiger partial charge in [-0.25, -0.2) is 9.97 Å². The minimum Gasteiger partial charge on any atom is -0.381 e. The van der Waals surface area contributed by atoms with Gasteiger partial charge in [-0.05, 0) is 37.3 Å². The smallest absolute Gasteiger partial charge is 0.253 e. The second kappa shape index (κ2) is 9.16. The van der Waals surface area contributed by atoms with E-state index in [1.165, 1.54) is 5.56 Å². The van der Waals surface area contributed by atoms with Gasteiger partial charge in [-0.1, -0.05) is 30.3 Å². The highest BCUT2D eigenvalue weighted by Crippen LogP contribution is 2.20. The number of nitrogens with zero attached hydrogens (tertiary/aromatic N) is 4. The van der Waals surface area contributed by atoms with Crippen molar-refractivity contribution in [2.45, 2.75) is 44.3 Å². The predicted octanol–water partition coefficient (Wildman–Crippen LogP) is 2.85. The quantitative estimate of drug-likeness (QED) is 0.689. The van der Waals surface area contributed by atoms with Gasteiger partial charge in [0.15, 0.2) is 5.65 Å². The van der Waals surface area contributed by atoms with Crippen molar-refractivity contribution in [2.24, 2.45) is 0 Å². The van der Waals surface area contributed by atoms with Crippen molar-refractivity contribution in [1.82, 2.24) is 24.8 Å². The fraction of sp³-hybridized carbons (Fsp3) is 0.458. The molecule has 0 spiro atoms. The summed E-state index contributed by atoms with van der Waals surface area (Å²) in [6.45, 7) is 4.53. The van der Waals surface area contributed by atoms with Crippen molar-refractivity contribution in [1.29, 1.82) is 0 Å². The molecule has 0 aliphatic carbocycles. The summed E-state index contributed by atoms with van der Waals surface area (Å²) in [6, 6.07) is 12.9. The number of rotatable bonds is 5. The molecule has 2 aromatic heterocycles. The number of amides is 1. The van der Waals surface area contributed by atoms with E-state index in [-0.39, 0.29) is 11.9 Å². The van der Waals surface area contributed by atoms with Crippen LogP contribution in [0.5, 0.6) is 0 Å². The lowest BCUT2D eigenvalue weighted by Crippen LogP contribution is -2.49. The van der Waals surface area contributed by atoms with E-state index in [2.05, 4.69) is 32.3 Å². The fourth-order valence-electron chi connectivity index (χ4n) is 4.70. The van der Waals surface area contributed by atoms with Crippen molar-refractivity contribution in [3.63, 3.8) is 0 Å². The van der Waals surface area contributed by atoms with Gasteiger partial charge >= 0.3 is 0 Å². The van der Waals surface area contributed by atoms with Crippen LogP contribution in [0, 0.1) is 0 Å². The first kappa shape index (κ1) is 20.2. The Morgan fingerprint density at radius 2 is 1.84 bits per heavy atom. The third-order valence-electron chi connectivity index (χ3n) is 6.49. The third-order valence-corrected chi connectivity index (χ3v) is 6.49. The predicted molar refractivity (Wildman–Crippen MR) is 119 cm³/mol. The molecule has 31 heavy (non-hydrogen) atoms. The molecule has 2 aliphatic heterocycles. The Balaban J connectivity index is 1.19. The Kier molecular flexibility index (Phi) is 5.95. The first-order chi connectivity index (χ1) is 15.3. The molecule has 0 bridgehead atoms. The van der Waals surface area contributed by atoms with Crippen molar-refractivity contribution >= 4 is 17.1 Å². The van der Waals surface area contributed by atoms with Gasteiger partial charge < -0.3 is 19.5 Å². The number of piperidine rings is 1. The number of likely N-dealkylation sites (tertiary alicyclic amines) is 1. The first-order valence-corrected chi connectivity index (χ1v) is 11.2. The number of nitrogens with one attached hydrogen (secondary N) is 1. The SMILES string of the molecule is O=C(NC1CCN(C2CCOCC2)CC1)c1cnc2c(c1)ncn2Cc1ccccc1. The third kappa shape index (κ3) is 4.62. The van der Waals surface area contributed by atoms with E-state index in [9.17, 15) is 4.79 Å². The van der Waals surface area contributed by atoms with Gasteiger partial charge in [0, 0.05) is 44.6 Å². The topological polar surface area (TPSA) is 72.3 Å². The molecule has 1 aromatic carbocycles. The molecular formula is C24H29N5O2. The largest absolute Gasteiger partial charge is 0.381 e. The lowest BCUT2D eigenvalue weighted by Gasteiger charge is -2.39. The van der Waals surface area contributed by atoms with Crippen LogP contribution in [0.4, 0.5) is 0 Å². The molecule has 0 radical (unpaired) electrons. The Morgan fingerprint density at radius 3 is 2.61 bits per heavy atom. The molecular weight excluding hydrogens is 390 g/mol. The highest BCUT2D eigenvalue weighted by Gasteiger charge is 2.27. The molecule has 5 rings (SSSR count). The lowest BCUT2D eigenvalue weighted by atomic mass is 9.99. The zero-order valence-electron chi connectivity index (χ0n) is 17.7. The maximum atomic E-state index is 12.8. The number of pyridine rings is 1. The normalized spacial score (nSPS) is 19.0. The summed E-state index contributed by atoms with van der Waals surface area (Å²) in [7, 11) is 0. The zero-order chi connectivity index (χ0) is 21.0. The van der Waals surface area contributed by atoms with E-state index in [1.54, 1.807) is 12.5 Å². The molecule has 0 atom stereocenters. The molecule has 1 N–H and O–H groups in total. The van der Waals surface area contributed by atoms with Crippen LogP contribution in [0.1, 0.15) is 41.6 Å². The number of aromatic nitrogens is 3. The van der Waals surface area contributed by atoms with Gasteiger partial charge in [-0.3, -0.25) is 4.79 Å². The van der Waals surface area contributed by atoms with E-state index < -0.39 is 0 Å². The summed E-state index contributed by atoms with van der Waals surface area (Å²) in [6.07, 6.45) is 7.69. The second-order valence-corrected chi connectivity index (χ2v) is 8.55. The van der Waals surface area contributed by atoms with Crippen LogP contribution >= 0.6 is 0 Å². The molecule has 4 heterocycles. The molecule has 7 nitrogen and oxygen atoms in total. The molecule has 162 valence electrons. The monoisotopic (exact) mass is 419 g/mol. The van der Waals surface area contributed by atoms with Crippen molar-refractivity contribution in [3.05, 3.63) is 60.0 Å². The van der Waals surface area contributed by atoms with Crippen LogP contribution in [-0.2, 0) is 11.3 Å². The average molecular weight is 420 g/mol. The molecule has 3 aromatic rings. The van der Waals surface area contributed by atoms with Gasteiger partial charge in [0.1, 0.15) is 5.52 Å². The fourth-order valence-corrected chi connectivity index (χ4v) is 4.70. The van der Waals surface area contributed by atoms with Gasteiger partial charge in [0.05, 0.1) is 18.4 Å². The summed E-state index contributed by atoms with van der Waals surface area (Å²) >= 11 is 0. The minimum atomic E-state index is -0.0588. The van der Waals surface area contributed by atoms with E-state index in [0.717, 1.165) is 63.2 Å². The summed E-state index contributed by atoms with van der Waals surface area (Å²) in [5.74, 6) is -0.0588. The Morgan fingerprint density at radius 1 is 1.06 bits per heavy atom. The first-order valence-electron chi connectivity index (χ1n) is 11.2. The number of benzene rings is 1. The number of imidazole rings is 1.